The number of hydrogen-bond donors (Lipinski definition) is 0. The molecule has 5 rings (SSSR count). The first kappa shape index (κ1) is 18.2. The monoisotopic (exact) mass is 699 g/mol. The number of hydrogen-bond acceptors (Lipinski definition) is 5. The predicted octanol–water partition coefficient (Wildman–Crippen LogP) is 7.53. The van der Waals surface area contributed by atoms with Crippen LogP contribution in [-0.4, -0.2) is 51.2 Å². The van der Waals surface area contributed by atoms with E-state index < -0.39 is 143 Å². The lowest BCUT2D eigenvalue weighted by molar-refractivity contribution is -0.138. The number of fused-ring (bicyclic) bond motifs is 1. The molecule has 0 saturated carbocycles. The molecular weight excluding hydrogens is 640 g/mol. The van der Waals surface area contributed by atoms with Crippen LogP contribution in [0.1, 0.15) is 79.8 Å². The van der Waals surface area contributed by atoms with Crippen molar-refractivity contribution in [2.75, 3.05) is 26.0 Å². The summed E-state index contributed by atoms with van der Waals surface area (Å²) < 4.78 is 224. The number of amides is 1. The fourth-order valence-electron chi connectivity index (χ4n) is 4.58. The zero-order valence-corrected chi connectivity index (χ0v) is 26.5. The number of benzene rings is 3. The maximum absolute atomic E-state index is 15.2. The fraction of sp³-hybridized carbons (Fsp3) is 0.378. The SMILES string of the molecule is [2H]c1c([2H])c(C([2H])([2H])N(C(=O)C([2H])([2H])n2c(SCc3ccc(F)cc3)nc(=O)c3c2CCC3)C([2H])([2H])C([2H])([2H])N(C([2H])([2H])C)C([2H])([2H])C)c([2H])c([2H])c1-c1c([2H])c([2H])c(C(F)(F)F)c(C)c1[2H]. The summed E-state index contributed by atoms with van der Waals surface area (Å²) in [6, 6.07) is -5.31. The van der Waals surface area contributed by atoms with Crippen LogP contribution in [0.5, 0.6) is 0 Å². The van der Waals surface area contributed by atoms with Crippen LogP contribution >= 0.6 is 11.8 Å². The van der Waals surface area contributed by atoms with E-state index in [2.05, 4.69) is 4.98 Å². The Labute approximate surface area is 309 Å². The van der Waals surface area contributed by atoms with Crippen molar-refractivity contribution in [2.45, 2.75) is 70.1 Å². The smallest absolute Gasteiger partial charge is 0.336 e. The Morgan fingerprint density at radius 2 is 1.69 bits per heavy atom. The Kier molecular flexibility index (Phi) is 5.86. The van der Waals surface area contributed by atoms with E-state index in [-0.39, 0.29) is 41.2 Å². The molecule has 0 spiro atoms. The number of nitrogens with zero attached hydrogens (tertiary/aromatic N) is 4. The third kappa shape index (κ3) is 8.54. The minimum atomic E-state index is -5.28. The summed E-state index contributed by atoms with van der Waals surface area (Å²) in [6.07, 6.45) is -5.24. The minimum absolute atomic E-state index is 0.00999. The molecule has 0 saturated heterocycles. The van der Waals surface area contributed by atoms with Crippen molar-refractivity contribution < 1.29 is 48.4 Å². The zero-order valence-electron chi connectivity index (χ0n) is 44.7. The molecule has 254 valence electrons. The highest BCUT2D eigenvalue weighted by molar-refractivity contribution is 7.98. The first-order valence-corrected chi connectivity index (χ1v) is 15.2. The van der Waals surface area contributed by atoms with Crippen LogP contribution in [0.3, 0.4) is 0 Å². The van der Waals surface area contributed by atoms with E-state index in [4.69, 9.17) is 17.8 Å². The van der Waals surface area contributed by atoms with Crippen LogP contribution < -0.4 is 5.56 Å². The Morgan fingerprint density at radius 1 is 1.00 bits per heavy atom. The van der Waals surface area contributed by atoms with Gasteiger partial charge in [0.25, 0.3) is 5.56 Å². The Morgan fingerprint density at radius 3 is 2.35 bits per heavy atom. The lowest BCUT2D eigenvalue weighted by atomic mass is 9.98. The van der Waals surface area contributed by atoms with Crippen molar-refractivity contribution in [2.24, 2.45) is 0 Å². The quantitative estimate of drug-likeness (QED) is 0.0821. The van der Waals surface area contributed by atoms with Crippen molar-refractivity contribution >= 4 is 17.7 Å². The van der Waals surface area contributed by atoms with E-state index in [0.29, 0.717) is 35.7 Å². The molecule has 3 aromatic carbocycles. The van der Waals surface area contributed by atoms with Gasteiger partial charge in [0.15, 0.2) is 5.16 Å². The van der Waals surface area contributed by atoms with E-state index >= 15 is 4.79 Å². The molecule has 1 heterocycles. The highest BCUT2D eigenvalue weighted by atomic mass is 32.2. The van der Waals surface area contributed by atoms with Crippen molar-refractivity contribution in [1.82, 2.24) is 19.4 Å². The van der Waals surface area contributed by atoms with Gasteiger partial charge in [-0.3, -0.25) is 9.59 Å². The maximum atomic E-state index is 15.2. The first-order chi connectivity index (χ1) is 30.3. The van der Waals surface area contributed by atoms with Crippen LogP contribution in [0.2, 0.25) is 0 Å². The molecular formula is C37H40F4N4O2S. The summed E-state index contributed by atoms with van der Waals surface area (Å²) in [7, 11) is 0. The summed E-state index contributed by atoms with van der Waals surface area (Å²) in [5, 5.41) is -0.583. The van der Waals surface area contributed by atoms with Gasteiger partial charge in [-0.2, -0.15) is 18.2 Å². The second-order valence-corrected chi connectivity index (χ2v) is 11.0. The van der Waals surface area contributed by atoms with Gasteiger partial charge in [0.1, 0.15) is 12.3 Å². The molecule has 1 aromatic heterocycles. The number of halogens is 4. The number of carbonyl (C=O) groups is 1. The standard InChI is InChI=1S/C37H40F4N4O2S/c1-4-43(5-2)19-20-44(22-26-9-13-28(14-10-26)29-15-18-32(25(3)21-29)37(39,40)41)34(46)23-45-33-8-6-7-31(33)35(47)42-36(45)48-24-27-11-16-30(38)17-12-27/h9-18,21H,4-8,19-20,22-24H2,1-3H3/i4D2,5D2,9D,10D,13D,14D,15D,18D,19D2,20D2,21D,22D2,23D2. The summed E-state index contributed by atoms with van der Waals surface area (Å²) in [6.45, 7) is -21.7. The molecule has 4 aromatic rings. The third-order valence-corrected chi connectivity index (χ3v) is 7.91. The molecule has 1 amide bonds. The highest BCUT2D eigenvalue weighted by Crippen LogP contribution is 2.34. The van der Waals surface area contributed by atoms with Gasteiger partial charge in [0, 0.05) is 44.7 Å². The van der Waals surface area contributed by atoms with E-state index in [9.17, 15) is 30.6 Å². The van der Waals surface area contributed by atoms with Gasteiger partial charge < -0.3 is 14.4 Å². The van der Waals surface area contributed by atoms with Crippen LogP contribution in [0.25, 0.3) is 11.1 Å². The molecule has 1 aliphatic carbocycles. The summed E-state index contributed by atoms with van der Waals surface area (Å²) >= 11 is 0.619. The molecule has 48 heavy (non-hydrogen) atoms. The average molecular weight is 700 g/mol. The lowest BCUT2D eigenvalue weighted by Crippen LogP contribution is -2.40. The second kappa shape index (κ2) is 15.5. The lowest BCUT2D eigenvalue weighted by Gasteiger charge is -2.28. The number of alkyl halides is 3. The van der Waals surface area contributed by atoms with Crippen molar-refractivity contribution in [1.29, 1.82) is 0 Å². The minimum Gasteiger partial charge on any atom is -0.336 e. The normalized spacial score (nSPS) is 20.4. The van der Waals surface area contributed by atoms with E-state index in [1.54, 1.807) is 0 Å². The van der Waals surface area contributed by atoms with Gasteiger partial charge in [-0.05, 0) is 85.2 Å². The van der Waals surface area contributed by atoms with Crippen LogP contribution in [-0.2, 0) is 42.6 Å². The fourth-order valence-corrected chi connectivity index (χ4v) is 5.50. The number of aromatic nitrogens is 2. The number of thioether (sulfide) groups is 1. The topological polar surface area (TPSA) is 58.4 Å². The number of rotatable bonds is 13. The molecule has 0 unspecified atom stereocenters. The van der Waals surface area contributed by atoms with Gasteiger partial charge in [0.05, 0.1) is 23.4 Å². The molecule has 11 heteroatoms. The Bertz CT molecular complexity index is 2640. The maximum Gasteiger partial charge on any atom is 0.416 e. The predicted molar refractivity (Wildman–Crippen MR) is 181 cm³/mol. The third-order valence-electron chi connectivity index (χ3n) is 6.90. The van der Waals surface area contributed by atoms with Gasteiger partial charge in [-0.15, -0.1) is 0 Å². The van der Waals surface area contributed by atoms with E-state index in [0.717, 1.165) is 19.1 Å². The van der Waals surface area contributed by atoms with Gasteiger partial charge in [-0.1, -0.05) is 74.0 Å². The number of carbonyl (C=O) groups excluding carboxylic acids is 1. The van der Waals surface area contributed by atoms with E-state index in [1.807, 2.05) is 0 Å². The molecule has 0 N–H and O–H groups in total. The average Bonchev–Trinajstić information content (AvgIpc) is 3.65. The summed E-state index contributed by atoms with van der Waals surface area (Å²) in [5.74, 6) is -3.22. The van der Waals surface area contributed by atoms with Crippen molar-refractivity contribution in [3.63, 3.8) is 0 Å². The molecule has 6 nitrogen and oxygen atoms in total. The largest absolute Gasteiger partial charge is 0.416 e. The molecule has 1 aliphatic rings. The van der Waals surface area contributed by atoms with Crippen LogP contribution in [0, 0.1) is 12.7 Å². The van der Waals surface area contributed by atoms with Gasteiger partial charge in [0.2, 0.25) is 5.91 Å². The highest BCUT2D eigenvalue weighted by Gasteiger charge is 2.32. The summed E-state index contributed by atoms with van der Waals surface area (Å²) in [5.41, 5.74) is -7.33. The van der Waals surface area contributed by atoms with E-state index in [1.165, 1.54) is 12.1 Å². The van der Waals surface area contributed by atoms with Crippen LogP contribution in [0.15, 0.2) is 76.5 Å². The molecule has 0 aliphatic heterocycles. The number of likely N-dealkylation sites (N-methyl/N-ethyl adjacent to an activating group) is 1. The van der Waals surface area contributed by atoms with Crippen molar-refractivity contribution in [3.05, 3.63) is 116 Å². The first-order valence-electron chi connectivity index (χ1n) is 23.7. The molecule has 0 radical (unpaired) electrons. The van der Waals surface area contributed by atoms with Crippen LogP contribution in [0.4, 0.5) is 17.6 Å². The Balaban J connectivity index is 1.87. The second-order valence-electron chi connectivity index (χ2n) is 10.1. The zero-order chi connectivity index (χ0) is 51.3. The molecule has 0 bridgehead atoms. The molecule has 0 atom stereocenters. The van der Waals surface area contributed by atoms with Crippen molar-refractivity contribution in [3.8, 4) is 11.1 Å². The molecule has 0 fully saturated rings. The van der Waals surface area contributed by atoms with Gasteiger partial charge in [-0.25, -0.2) is 4.39 Å². The van der Waals surface area contributed by atoms with Gasteiger partial charge >= 0.3 is 6.18 Å². The summed E-state index contributed by atoms with van der Waals surface area (Å²) in [4.78, 5) is 31.3. The Hall–Kier alpha value is -3.96.